The van der Waals surface area contributed by atoms with Crippen molar-refractivity contribution in [3.63, 3.8) is 0 Å². The maximum atomic E-state index is 13.6. The first-order chi connectivity index (χ1) is 22.4. The third-order valence-electron chi connectivity index (χ3n) is 7.34. The number of carbonyl (C=O) groups is 3. The number of aryl methyl sites for hydroxylation is 1. The second-order valence-corrected chi connectivity index (χ2v) is 13.1. The fraction of sp³-hybridized carbons (Fsp3) is 0.222. The molecule has 234 valence electrons. The van der Waals surface area contributed by atoms with Crippen LogP contribution in [0.3, 0.4) is 0 Å². The first kappa shape index (κ1) is 32.5. The Hall–Kier alpha value is -4.85. The molecule has 0 spiro atoms. The number of thiophene rings is 1. The Labute approximate surface area is 276 Å². The molecule has 0 radical (unpaired) electrons. The van der Waals surface area contributed by atoms with E-state index in [0.717, 1.165) is 36.1 Å². The zero-order valence-corrected chi connectivity index (χ0v) is 27.2. The van der Waals surface area contributed by atoms with Crippen LogP contribution in [0.25, 0.3) is 6.08 Å². The van der Waals surface area contributed by atoms with Gasteiger partial charge in [0.1, 0.15) is 22.5 Å². The SMILES string of the molecule is CCOc1ccccc1/C=C(/NC(=O)c1ccccc1)C(=O)Nc1cccc(SC(C)C(=O)Nc2sc3c(c2C#N)CCCC3)c1. The van der Waals surface area contributed by atoms with Crippen molar-refractivity contribution in [2.45, 2.75) is 49.7 Å². The fourth-order valence-corrected chi connectivity index (χ4v) is 7.24. The lowest BCUT2D eigenvalue weighted by molar-refractivity contribution is -0.115. The van der Waals surface area contributed by atoms with Gasteiger partial charge in [0.05, 0.1) is 17.4 Å². The van der Waals surface area contributed by atoms with Gasteiger partial charge in [0, 0.05) is 26.6 Å². The molecule has 0 bridgehead atoms. The molecule has 1 atom stereocenters. The van der Waals surface area contributed by atoms with Gasteiger partial charge in [0.2, 0.25) is 5.91 Å². The van der Waals surface area contributed by atoms with E-state index in [2.05, 4.69) is 22.0 Å². The molecule has 4 aromatic rings. The zero-order chi connectivity index (χ0) is 32.5. The largest absolute Gasteiger partial charge is 0.493 e. The highest BCUT2D eigenvalue weighted by atomic mass is 32.2. The van der Waals surface area contributed by atoms with Gasteiger partial charge in [-0.25, -0.2) is 0 Å². The average molecular weight is 651 g/mol. The van der Waals surface area contributed by atoms with Crippen LogP contribution >= 0.6 is 23.1 Å². The molecule has 3 aromatic carbocycles. The van der Waals surface area contributed by atoms with Crippen molar-refractivity contribution in [3.8, 4) is 11.8 Å². The smallest absolute Gasteiger partial charge is 0.272 e. The van der Waals surface area contributed by atoms with Crippen molar-refractivity contribution >= 4 is 57.6 Å². The van der Waals surface area contributed by atoms with Crippen LogP contribution in [0.15, 0.2) is 89.5 Å². The summed E-state index contributed by atoms with van der Waals surface area (Å²) in [5, 5.41) is 18.5. The molecule has 1 heterocycles. The number of hydrogen-bond acceptors (Lipinski definition) is 7. The Kier molecular flexibility index (Phi) is 10.9. The molecule has 3 N–H and O–H groups in total. The predicted molar refractivity (Wildman–Crippen MR) is 184 cm³/mol. The molecular weight excluding hydrogens is 617 g/mol. The number of nitrogens with zero attached hydrogens (tertiary/aromatic N) is 1. The number of ether oxygens (including phenoxy) is 1. The second-order valence-electron chi connectivity index (χ2n) is 10.6. The predicted octanol–water partition coefficient (Wildman–Crippen LogP) is 7.43. The molecule has 0 fully saturated rings. The fourth-order valence-electron chi connectivity index (χ4n) is 5.07. The van der Waals surface area contributed by atoms with Crippen LogP contribution in [0, 0.1) is 11.3 Å². The van der Waals surface area contributed by atoms with E-state index in [4.69, 9.17) is 4.74 Å². The van der Waals surface area contributed by atoms with E-state index in [1.807, 2.05) is 37.3 Å². The van der Waals surface area contributed by atoms with Crippen LogP contribution in [-0.4, -0.2) is 29.6 Å². The Balaban J connectivity index is 1.31. The van der Waals surface area contributed by atoms with Gasteiger partial charge in [0.25, 0.3) is 11.8 Å². The van der Waals surface area contributed by atoms with Gasteiger partial charge < -0.3 is 20.7 Å². The highest BCUT2D eigenvalue weighted by molar-refractivity contribution is 8.00. The van der Waals surface area contributed by atoms with Crippen molar-refractivity contribution < 1.29 is 19.1 Å². The summed E-state index contributed by atoms with van der Waals surface area (Å²) in [7, 11) is 0. The van der Waals surface area contributed by atoms with E-state index in [1.165, 1.54) is 28.0 Å². The number of nitrogens with one attached hydrogen (secondary N) is 3. The molecule has 3 amide bonds. The third-order valence-corrected chi connectivity index (χ3v) is 9.64. The Morgan fingerprint density at radius 2 is 1.76 bits per heavy atom. The summed E-state index contributed by atoms with van der Waals surface area (Å²) in [4.78, 5) is 41.8. The van der Waals surface area contributed by atoms with Crippen molar-refractivity contribution in [1.82, 2.24) is 5.32 Å². The van der Waals surface area contributed by atoms with Gasteiger partial charge in [-0.3, -0.25) is 14.4 Å². The van der Waals surface area contributed by atoms with E-state index in [9.17, 15) is 19.6 Å². The molecule has 1 aliphatic carbocycles. The molecular formula is C36H34N4O4S2. The summed E-state index contributed by atoms with van der Waals surface area (Å²) >= 11 is 2.85. The van der Waals surface area contributed by atoms with E-state index < -0.39 is 17.1 Å². The average Bonchev–Trinajstić information content (AvgIpc) is 3.42. The number of rotatable bonds is 11. The van der Waals surface area contributed by atoms with Crippen LogP contribution in [0.5, 0.6) is 5.75 Å². The number of benzene rings is 3. The summed E-state index contributed by atoms with van der Waals surface area (Å²) < 4.78 is 5.73. The van der Waals surface area contributed by atoms with Crippen LogP contribution in [0.4, 0.5) is 10.7 Å². The third kappa shape index (κ3) is 8.05. The maximum Gasteiger partial charge on any atom is 0.272 e. The van der Waals surface area contributed by atoms with Crippen LogP contribution in [0.1, 0.15) is 58.6 Å². The lowest BCUT2D eigenvalue weighted by Gasteiger charge is -2.14. The topological polar surface area (TPSA) is 120 Å². The van der Waals surface area contributed by atoms with E-state index in [1.54, 1.807) is 61.5 Å². The Morgan fingerprint density at radius 1 is 1.00 bits per heavy atom. The standard InChI is InChI=1S/C36H34N4O4S2/c1-3-44-31-18-9-7-14-25(31)20-30(39-34(42)24-12-5-4-6-13-24)35(43)38-26-15-11-16-27(21-26)45-23(2)33(41)40-36-29(22-37)28-17-8-10-19-32(28)46-36/h4-7,9,11-16,18,20-21,23H,3,8,10,17,19H2,1-2H3,(H,38,43)(H,39,42)(H,40,41)/b30-20+. The van der Waals surface area contributed by atoms with Gasteiger partial charge in [-0.05, 0) is 87.6 Å². The normalized spacial score (nSPS) is 13.1. The van der Waals surface area contributed by atoms with Crippen LogP contribution in [-0.2, 0) is 22.4 Å². The summed E-state index contributed by atoms with van der Waals surface area (Å²) in [6.07, 6.45) is 5.56. The van der Waals surface area contributed by atoms with Crippen LogP contribution in [0.2, 0.25) is 0 Å². The summed E-state index contributed by atoms with van der Waals surface area (Å²) in [6.45, 7) is 4.12. The number of amides is 3. The number of nitriles is 1. The number of anilines is 2. The van der Waals surface area contributed by atoms with Crippen molar-refractivity contribution in [3.05, 3.63) is 112 Å². The van der Waals surface area contributed by atoms with Gasteiger partial charge in [-0.15, -0.1) is 23.1 Å². The number of para-hydroxylation sites is 1. The molecule has 46 heavy (non-hydrogen) atoms. The van der Waals surface area contributed by atoms with E-state index in [0.29, 0.717) is 39.7 Å². The molecule has 1 aliphatic rings. The van der Waals surface area contributed by atoms with Crippen molar-refractivity contribution in [2.75, 3.05) is 17.2 Å². The molecule has 5 rings (SSSR count). The summed E-state index contributed by atoms with van der Waals surface area (Å²) in [5.41, 5.74) is 3.25. The maximum absolute atomic E-state index is 13.6. The Morgan fingerprint density at radius 3 is 2.54 bits per heavy atom. The van der Waals surface area contributed by atoms with Crippen molar-refractivity contribution in [2.24, 2.45) is 0 Å². The monoisotopic (exact) mass is 650 g/mol. The zero-order valence-electron chi connectivity index (χ0n) is 25.6. The molecule has 1 aromatic heterocycles. The van der Waals surface area contributed by atoms with Crippen LogP contribution < -0.4 is 20.7 Å². The summed E-state index contributed by atoms with van der Waals surface area (Å²) in [6, 6.07) is 25.4. The number of carbonyl (C=O) groups excluding carboxylic acids is 3. The van der Waals surface area contributed by atoms with Gasteiger partial charge in [0.15, 0.2) is 0 Å². The van der Waals surface area contributed by atoms with E-state index >= 15 is 0 Å². The van der Waals surface area contributed by atoms with Crippen molar-refractivity contribution in [1.29, 1.82) is 5.26 Å². The minimum Gasteiger partial charge on any atom is -0.493 e. The molecule has 1 unspecified atom stereocenters. The van der Waals surface area contributed by atoms with Gasteiger partial charge in [-0.1, -0.05) is 42.5 Å². The minimum atomic E-state index is -0.519. The first-order valence-corrected chi connectivity index (χ1v) is 16.8. The lowest BCUT2D eigenvalue weighted by Crippen LogP contribution is -2.30. The molecule has 10 heteroatoms. The molecule has 0 saturated carbocycles. The molecule has 0 saturated heterocycles. The number of thioether (sulfide) groups is 1. The minimum absolute atomic E-state index is 0.0405. The van der Waals surface area contributed by atoms with Gasteiger partial charge in [-0.2, -0.15) is 5.26 Å². The highest BCUT2D eigenvalue weighted by Crippen LogP contribution is 2.38. The summed E-state index contributed by atoms with van der Waals surface area (Å²) in [5.74, 6) is -0.559. The van der Waals surface area contributed by atoms with Gasteiger partial charge >= 0.3 is 0 Å². The number of fused-ring (bicyclic) bond motifs is 1. The second kappa shape index (κ2) is 15.4. The lowest BCUT2D eigenvalue weighted by atomic mass is 9.96. The number of hydrogen-bond donors (Lipinski definition) is 3. The quantitative estimate of drug-likeness (QED) is 0.115. The Bertz CT molecular complexity index is 1810. The molecule has 8 nitrogen and oxygen atoms in total. The molecule has 0 aliphatic heterocycles. The van der Waals surface area contributed by atoms with E-state index in [-0.39, 0.29) is 11.6 Å². The highest BCUT2D eigenvalue weighted by Gasteiger charge is 2.24. The first-order valence-electron chi connectivity index (χ1n) is 15.1.